The van der Waals surface area contributed by atoms with E-state index in [2.05, 4.69) is 15.6 Å². The van der Waals surface area contributed by atoms with Crippen molar-refractivity contribution in [3.8, 4) is 5.75 Å². The summed E-state index contributed by atoms with van der Waals surface area (Å²) in [5, 5.41) is 5.99. The van der Waals surface area contributed by atoms with E-state index in [1.807, 2.05) is 12.1 Å². The van der Waals surface area contributed by atoms with Crippen molar-refractivity contribution in [1.82, 2.24) is 15.6 Å². The minimum absolute atomic E-state index is 0.0417. The van der Waals surface area contributed by atoms with Gasteiger partial charge in [0.25, 0.3) is 5.91 Å². The number of nitrogens with two attached hydrogens (primary N) is 1. The van der Waals surface area contributed by atoms with E-state index in [0.29, 0.717) is 36.0 Å². The van der Waals surface area contributed by atoms with Crippen LogP contribution in [0.5, 0.6) is 5.75 Å². The lowest BCUT2D eigenvalue weighted by Gasteiger charge is -2.28. The molecular weight excluding hydrogens is 368 g/mol. The topological polar surface area (TPSA) is 106 Å². The number of aromatic nitrogens is 1. The first-order chi connectivity index (χ1) is 14.1. The van der Waals surface area contributed by atoms with Crippen molar-refractivity contribution in [1.29, 1.82) is 0 Å². The molecule has 1 aliphatic rings. The van der Waals surface area contributed by atoms with Crippen molar-refractivity contribution in [2.45, 2.75) is 32.2 Å². The smallest absolute Gasteiger partial charge is 0.251 e. The lowest BCUT2D eigenvalue weighted by atomic mass is 9.81. The van der Waals surface area contributed by atoms with Crippen LogP contribution in [0.4, 0.5) is 5.69 Å². The van der Waals surface area contributed by atoms with Gasteiger partial charge in [0, 0.05) is 37.0 Å². The lowest BCUT2D eigenvalue weighted by molar-refractivity contribution is -0.126. The number of carbonyl (C=O) groups excluding carboxylic acids is 2. The molecule has 2 amide bonds. The molecule has 154 valence electrons. The van der Waals surface area contributed by atoms with Gasteiger partial charge in [-0.25, -0.2) is 0 Å². The summed E-state index contributed by atoms with van der Waals surface area (Å²) >= 11 is 0. The molecule has 1 saturated carbocycles. The highest BCUT2D eigenvalue weighted by molar-refractivity contribution is 5.95. The maximum absolute atomic E-state index is 12.4. The van der Waals surface area contributed by atoms with E-state index in [0.717, 1.165) is 31.2 Å². The Morgan fingerprint density at radius 3 is 2.66 bits per heavy atom. The van der Waals surface area contributed by atoms with E-state index < -0.39 is 0 Å². The number of nitrogens with one attached hydrogen (secondary N) is 2. The standard InChI is InChI=1S/C22H28N4O3/c1-29-20-11-18(8-9-19(20)23)22(28)25-13-15-4-6-17(7-5-15)21(27)26-14-16-3-2-10-24-12-16/h2-3,8-12,15,17H,4-7,13-14,23H2,1H3,(H,25,28)(H,26,27). The Bertz CT molecular complexity index is 833. The van der Waals surface area contributed by atoms with Crippen LogP contribution < -0.4 is 21.1 Å². The number of ether oxygens (including phenoxy) is 1. The molecule has 0 aliphatic heterocycles. The van der Waals surface area contributed by atoms with Gasteiger partial charge in [0.1, 0.15) is 5.75 Å². The number of carbonyl (C=O) groups is 2. The quantitative estimate of drug-likeness (QED) is 0.624. The van der Waals surface area contributed by atoms with Gasteiger partial charge in [0.15, 0.2) is 0 Å². The van der Waals surface area contributed by atoms with Crippen molar-refractivity contribution in [3.05, 3.63) is 53.9 Å². The predicted molar refractivity (Wildman–Crippen MR) is 111 cm³/mol. The highest BCUT2D eigenvalue weighted by atomic mass is 16.5. The van der Waals surface area contributed by atoms with Crippen LogP contribution in [0.1, 0.15) is 41.6 Å². The van der Waals surface area contributed by atoms with Gasteiger partial charge in [-0.2, -0.15) is 0 Å². The van der Waals surface area contributed by atoms with Crippen LogP contribution in [0.25, 0.3) is 0 Å². The fourth-order valence-electron chi connectivity index (χ4n) is 3.66. The van der Waals surface area contributed by atoms with Crippen LogP contribution in [0.15, 0.2) is 42.7 Å². The molecule has 0 atom stereocenters. The molecular formula is C22H28N4O3. The molecule has 1 aromatic heterocycles. The van der Waals surface area contributed by atoms with Gasteiger partial charge in [-0.3, -0.25) is 14.6 Å². The molecule has 1 aromatic carbocycles. The molecule has 0 radical (unpaired) electrons. The summed E-state index contributed by atoms with van der Waals surface area (Å²) in [7, 11) is 1.53. The van der Waals surface area contributed by atoms with Crippen molar-refractivity contribution < 1.29 is 14.3 Å². The van der Waals surface area contributed by atoms with Gasteiger partial charge in [-0.15, -0.1) is 0 Å². The normalized spacial score (nSPS) is 18.7. The largest absolute Gasteiger partial charge is 0.495 e. The minimum Gasteiger partial charge on any atom is -0.495 e. The average Bonchev–Trinajstić information content (AvgIpc) is 2.77. The van der Waals surface area contributed by atoms with E-state index in [-0.39, 0.29) is 17.7 Å². The summed E-state index contributed by atoms with van der Waals surface area (Å²) in [6.45, 7) is 1.11. The molecule has 0 unspecified atom stereocenters. The van der Waals surface area contributed by atoms with Crippen molar-refractivity contribution in [2.24, 2.45) is 11.8 Å². The van der Waals surface area contributed by atoms with E-state index in [1.54, 1.807) is 30.6 Å². The highest BCUT2D eigenvalue weighted by Gasteiger charge is 2.26. The van der Waals surface area contributed by atoms with E-state index in [1.165, 1.54) is 7.11 Å². The monoisotopic (exact) mass is 396 g/mol. The van der Waals surface area contributed by atoms with Crippen molar-refractivity contribution in [3.63, 3.8) is 0 Å². The Morgan fingerprint density at radius 1 is 1.17 bits per heavy atom. The Balaban J connectivity index is 1.40. The van der Waals surface area contributed by atoms with E-state index in [4.69, 9.17) is 10.5 Å². The van der Waals surface area contributed by atoms with Crippen LogP contribution >= 0.6 is 0 Å². The van der Waals surface area contributed by atoms with Gasteiger partial charge in [0.05, 0.1) is 12.8 Å². The first kappa shape index (κ1) is 20.6. The Morgan fingerprint density at radius 2 is 1.97 bits per heavy atom. The maximum atomic E-state index is 12.4. The minimum atomic E-state index is -0.139. The molecule has 7 nitrogen and oxygen atoms in total. The molecule has 1 fully saturated rings. The molecule has 0 saturated heterocycles. The summed E-state index contributed by atoms with van der Waals surface area (Å²) in [6, 6.07) is 8.82. The summed E-state index contributed by atoms with van der Waals surface area (Å²) in [6.07, 6.45) is 7.02. The third kappa shape index (κ3) is 5.70. The number of amides is 2. The second-order valence-electron chi connectivity index (χ2n) is 7.46. The highest BCUT2D eigenvalue weighted by Crippen LogP contribution is 2.29. The van der Waals surface area contributed by atoms with Crippen LogP contribution in [-0.2, 0) is 11.3 Å². The van der Waals surface area contributed by atoms with E-state index in [9.17, 15) is 9.59 Å². The van der Waals surface area contributed by atoms with Gasteiger partial charge in [0.2, 0.25) is 5.91 Å². The van der Waals surface area contributed by atoms with Gasteiger partial charge < -0.3 is 21.1 Å². The molecule has 1 aliphatic carbocycles. The number of rotatable bonds is 7. The van der Waals surface area contributed by atoms with Gasteiger partial charge in [-0.1, -0.05) is 6.07 Å². The second kappa shape index (κ2) is 9.91. The number of methoxy groups -OCH3 is 1. The molecule has 3 rings (SSSR count). The molecule has 1 heterocycles. The van der Waals surface area contributed by atoms with Crippen molar-refractivity contribution >= 4 is 17.5 Å². The molecule has 0 spiro atoms. The molecule has 7 heteroatoms. The summed E-state index contributed by atoms with van der Waals surface area (Å²) in [5.74, 6) is 0.886. The zero-order chi connectivity index (χ0) is 20.6. The SMILES string of the molecule is COc1cc(C(=O)NCC2CCC(C(=O)NCc3cccnc3)CC2)ccc1N. The molecule has 0 bridgehead atoms. The van der Waals surface area contributed by atoms with Crippen LogP contribution in [-0.4, -0.2) is 30.5 Å². The number of nitrogens with zero attached hydrogens (tertiary/aromatic N) is 1. The number of benzene rings is 1. The average molecular weight is 396 g/mol. The predicted octanol–water partition coefficient (Wildman–Crippen LogP) is 2.52. The Labute approximate surface area is 171 Å². The Hall–Kier alpha value is -3.09. The summed E-state index contributed by atoms with van der Waals surface area (Å²) < 4.78 is 5.17. The fraction of sp³-hybridized carbons (Fsp3) is 0.409. The third-order valence-electron chi connectivity index (χ3n) is 5.45. The molecule has 29 heavy (non-hydrogen) atoms. The first-order valence-corrected chi connectivity index (χ1v) is 9.95. The summed E-state index contributed by atoms with van der Waals surface area (Å²) in [5.41, 5.74) is 7.82. The number of anilines is 1. The van der Waals surface area contributed by atoms with Crippen LogP contribution in [0, 0.1) is 11.8 Å². The number of pyridine rings is 1. The first-order valence-electron chi connectivity index (χ1n) is 9.95. The van der Waals surface area contributed by atoms with Crippen LogP contribution in [0.3, 0.4) is 0 Å². The molecule has 4 N–H and O–H groups in total. The summed E-state index contributed by atoms with van der Waals surface area (Å²) in [4.78, 5) is 28.8. The zero-order valence-electron chi connectivity index (χ0n) is 16.7. The van der Waals surface area contributed by atoms with E-state index >= 15 is 0 Å². The number of hydrogen-bond acceptors (Lipinski definition) is 5. The fourth-order valence-corrected chi connectivity index (χ4v) is 3.66. The third-order valence-corrected chi connectivity index (χ3v) is 5.45. The maximum Gasteiger partial charge on any atom is 0.251 e. The van der Waals surface area contributed by atoms with Crippen molar-refractivity contribution in [2.75, 3.05) is 19.4 Å². The Kier molecular flexibility index (Phi) is 7.05. The van der Waals surface area contributed by atoms with Crippen LogP contribution in [0.2, 0.25) is 0 Å². The number of nitrogen functional groups attached to an aromatic ring is 1. The van der Waals surface area contributed by atoms with Gasteiger partial charge >= 0.3 is 0 Å². The number of hydrogen-bond donors (Lipinski definition) is 3. The second-order valence-corrected chi connectivity index (χ2v) is 7.46. The zero-order valence-corrected chi connectivity index (χ0v) is 16.7. The lowest BCUT2D eigenvalue weighted by Crippen LogP contribution is -2.36. The van der Waals surface area contributed by atoms with Gasteiger partial charge in [-0.05, 0) is 61.4 Å². The molecule has 2 aromatic rings.